The quantitative estimate of drug-likeness (QED) is 0.0458. The number of nitrogens with one attached hydrogen (secondary N) is 1. The van der Waals surface area contributed by atoms with Gasteiger partial charge in [0.25, 0.3) is 0 Å². The van der Waals surface area contributed by atoms with Gasteiger partial charge in [0, 0.05) is 41.2 Å². The number of benzene rings is 2. The Morgan fingerprint density at radius 1 is 0.522 bits per heavy atom. The van der Waals surface area contributed by atoms with Crippen molar-refractivity contribution in [3.8, 4) is 11.5 Å². The molecule has 1 amide bonds. The smallest absolute Gasteiger partial charge is 0.433 e. The normalized spacial score (nSPS) is 20.0. The van der Waals surface area contributed by atoms with Gasteiger partial charge in [-0.25, -0.2) is 29.9 Å². The van der Waals surface area contributed by atoms with Crippen molar-refractivity contribution in [1.82, 2.24) is 39.0 Å². The van der Waals surface area contributed by atoms with Crippen molar-refractivity contribution in [2.24, 2.45) is 29.6 Å². The summed E-state index contributed by atoms with van der Waals surface area (Å²) in [7, 11) is 0. The maximum absolute atomic E-state index is 13.3. The lowest BCUT2D eigenvalue weighted by molar-refractivity contribution is -0.172. The Bertz CT molecular complexity index is 4000. The van der Waals surface area contributed by atoms with Gasteiger partial charge in [-0.2, -0.15) is 26.3 Å². The van der Waals surface area contributed by atoms with Gasteiger partial charge >= 0.3 is 36.2 Å². The van der Waals surface area contributed by atoms with E-state index in [1.165, 1.54) is 36.9 Å². The van der Waals surface area contributed by atoms with Crippen molar-refractivity contribution >= 4 is 97.7 Å². The highest BCUT2D eigenvalue weighted by Gasteiger charge is 2.53. The summed E-state index contributed by atoms with van der Waals surface area (Å²) in [4.78, 5) is 88.3. The average Bonchev–Trinajstić information content (AvgIpc) is 1.61. The molecule has 0 spiro atoms. The van der Waals surface area contributed by atoms with E-state index in [4.69, 9.17) is 43.6 Å². The molecular formula is C62H67ClF6N10O13. The van der Waals surface area contributed by atoms with E-state index in [1.54, 1.807) is 127 Å². The number of nitrogens with two attached hydrogens (primary N) is 1. The van der Waals surface area contributed by atoms with Crippen molar-refractivity contribution in [1.29, 1.82) is 0 Å². The number of carbonyl (C=O) groups excluding carboxylic acids is 5. The van der Waals surface area contributed by atoms with E-state index in [9.17, 15) is 50.3 Å². The van der Waals surface area contributed by atoms with Crippen LogP contribution < -0.4 is 20.5 Å². The van der Waals surface area contributed by atoms with Crippen LogP contribution in [0.1, 0.15) is 93.1 Å². The van der Waals surface area contributed by atoms with Crippen molar-refractivity contribution in [3.63, 3.8) is 0 Å². The van der Waals surface area contributed by atoms with Crippen LogP contribution in [0, 0.1) is 29.6 Å². The molecule has 92 heavy (non-hydrogen) atoms. The fourth-order valence-corrected chi connectivity index (χ4v) is 9.53. The third kappa shape index (κ3) is 15.5. The molecule has 2 aromatic carbocycles. The predicted molar refractivity (Wildman–Crippen MR) is 321 cm³/mol. The highest BCUT2D eigenvalue weighted by molar-refractivity contribution is 5.99. The first-order chi connectivity index (χ1) is 43.0. The van der Waals surface area contributed by atoms with Gasteiger partial charge in [-0.05, 0) is 48.5 Å². The van der Waals surface area contributed by atoms with E-state index < -0.39 is 120 Å². The summed E-state index contributed by atoms with van der Waals surface area (Å²) in [6, 6.07) is 16.9. The predicted octanol–water partition coefficient (Wildman–Crippen LogP) is 10.8. The maximum Gasteiger partial charge on any atom is 0.433 e. The first-order valence-corrected chi connectivity index (χ1v) is 29.0. The van der Waals surface area contributed by atoms with Crippen LogP contribution in [0.3, 0.4) is 0 Å². The Balaban J connectivity index is 0.000000236. The number of nitrogens with zero attached hydrogens (tertiary/aromatic N) is 8. The molecule has 0 saturated carbocycles. The van der Waals surface area contributed by atoms with Crippen LogP contribution in [0.25, 0.3) is 43.9 Å². The number of pyridine rings is 2. The summed E-state index contributed by atoms with van der Waals surface area (Å²) >= 11 is 0. The van der Waals surface area contributed by atoms with Gasteiger partial charge in [0.2, 0.25) is 5.91 Å². The highest BCUT2D eigenvalue weighted by atomic mass is 35.5. The van der Waals surface area contributed by atoms with Crippen LogP contribution in [-0.4, -0.2) is 119 Å². The third-order valence-corrected chi connectivity index (χ3v) is 14.6. The Labute approximate surface area is 528 Å². The zero-order valence-electron chi connectivity index (χ0n) is 51.3. The number of aromatic nitrogens is 8. The number of hydrogen-bond donors (Lipinski definition) is 2. The Kier molecular flexibility index (Phi) is 21.2. The summed E-state index contributed by atoms with van der Waals surface area (Å²) in [5, 5.41) is 4.77. The van der Waals surface area contributed by atoms with Gasteiger partial charge < -0.3 is 58.1 Å². The fourth-order valence-electron chi connectivity index (χ4n) is 9.53. The molecule has 8 atom stereocenters. The fraction of sp³-hybridized carbons (Fsp3) is 0.435. The van der Waals surface area contributed by atoms with Gasteiger partial charge in [-0.3, -0.25) is 24.0 Å². The van der Waals surface area contributed by atoms with Gasteiger partial charge in [0.05, 0.1) is 45.5 Å². The first-order valence-electron chi connectivity index (χ1n) is 29.0. The van der Waals surface area contributed by atoms with E-state index in [0.29, 0.717) is 32.8 Å². The second kappa shape index (κ2) is 28.3. The lowest BCUT2D eigenvalue weighted by atomic mass is 10.1. The van der Waals surface area contributed by atoms with Crippen molar-refractivity contribution in [3.05, 3.63) is 109 Å². The lowest BCUT2D eigenvalue weighted by Gasteiger charge is -2.26. The number of carbonyl (C=O) groups is 5. The van der Waals surface area contributed by atoms with Crippen LogP contribution in [0.15, 0.2) is 97.8 Å². The molecule has 23 nitrogen and oxygen atoms in total. The molecule has 0 radical (unpaired) electrons. The summed E-state index contributed by atoms with van der Waals surface area (Å²) in [5.74, 6) is -3.96. The Morgan fingerprint density at radius 2 is 0.902 bits per heavy atom. The summed E-state index contributed by atoms with van der Waals surface area (Å²) in [6.45, 7) is 16.3. The second-order valence-electron chi connectivity index (χ2n) is 23.1. The number of fused-ring (bicyclic) bond motifs is 4. The molecule has 0 aliphatic carbocycles. The third-order valence-electron chi connectivity index (χ3n) is 14.6. The molecule has 8 heterocycles. The summed E-state index contributed by atoms with van der Waals surface area (Å²) < 4.78 is 131. The van der Waals surface area contributed by atoms with Crippen LogP contribution in [0.4, 0.5) is 38.0 Å². The number of nitrogen functional groups attached to an aromatic ring is 1. The molecule has 0 bridgehead atoms. The number of rotatable bonds is 18. The summed E-state index contributed by atoms with van der Waals surface area (Å²) in [6.07, 6.45) is -12.0. The number of anilines is 2. The number of halogens is 7. The Hall–Kier alpha value is -8.96. The van der Waals surface area contributed by atoms with Gasteiger partial charge in [-0.15, -0.1) is 12.4 Å². The van der Waals surface area contributed by atoms with Gasteiger partial charge in [0.15, 0.2) is 36.9 Å². The molecule has 492 valence electrons. The zero-order valence-corrected chi connectivity index (χ0v) is 52.1. The van der Waals surface area contributed by atoms with E-state index in [2.05, 4.69) is 35.2 Å². The maximum atomic E-state index is 13.3. The topological polar surface area (TPSA) is 284 Å². The van der Waals surface area contributed by atoms with E-state index in [0.717, 1.165) is 12.1 Å². The van der Waals surface area contributed by atoms with Gasteiger partial charge in [-0.1, -0.05) is 81.4 Å². The van der Waals surface area contributed by atoms with E-state index in [1.807, 2.05) is 0 Å². The van der Waals surface area contributed by atoms with Crippen LogP contribution in [0.5, 0.6) is 11.5 Å². The van der Waals surface area contributed by atoms with Crippen molar-refractivity contribution < 1.29 is 88.2 Å². The Morgan fingerprint density at radius 3 is 1.30 bits per heavy atom. The number of hydrogen-bond acceptors (Lipinski definition) is 20. The summed E-state index contributed by atoms with van der Waals surface area (Å²) in [5.41, 5.74) is 4.84. The van der Waals surface area contributed by atoms with Crippen LogP contribution in [-0.2, 0) is 64.7 Å². The van der Waals surface area contributed by atoms with Gasteiger partial charge in [0.1, 0.15) is 83.9 Å². The number of amides is 1. The molecule has 0 unspecified atom stereocenters. The monoisotopic (exact) mass is 1310 g/mol. The largest absolute Gasteiger partial charge is 0.491 e. The van der Waals surface area contributed by atoms with Crippen LogP contribution in [0.2, 0.25) is 0 Å². The number of ether oxygens (including phenoxy) is 8. The second-order valence-corrected chi connectivity index (χ2v) is 23.1. The molecule has 2 fully saturated rings. The van der Waals surface area contributed by atoms with E-state index in [-0.39, 0.29) is 71.6 Å². The standard InChI is InChI=1S/C33H36F3N5O7.C29H30F3N5O6.ClH/c1-16(2)29(42)40-27-21-11-12-41(28(21)38-15-37-27)30-26(48-32(44)18(5)6)25(47-31(43)17(3)4)23(46-30)14-45-20-9-7-19-8-10-24(33(34,35)36)39-22(19)13-20;1-14(2)27(38)42-22-20(12-40-17-7-5-16-6-8-21(29(30,31)32)36-19(16)11-17)41-26(23(22)43-28(39)15(3)4)37-10-9-18-24(33)34-13-35-25(18)37;/h7-13,15-18,23,25-26,30H,14H2,1-6H3,(H,37,38,40,42);5-11,13-15,20,22-23,26H,12H2,1-4H3,(H2,33,34,35);1H/t23-,25-,26-,30-;20-,22-,23-,26-;/m11./s1. The molecular weight excluding hydrogens is 1240 g/mol. The molecule has 30 heteroatoms. The average molecular weight is 1310 g/mol. The molecule has 10 rings (SSSR count). The van der Waals surface area contributed by atoms with Crippen molar-refractivity contribution in [2.75, 3.05) is 24.3 Å². The molecule has 3 N–H and O–H groups in total. The SMILES string of the molecule is CC(C)C(=O)Nc1ncnc2c1ccn2[C@@H]1O[C@H](COc2ccc3ccc(C(F)(F)F)nc3c2)[C@@H](OC(=O)C(C)C)[C@H]1OC(=O)C(C)C.CC(C)C(=O)O[C@@H]1[C@H](OC(=O)C(C)C)[C@@H](COc2ccc3ccc(C(F)(F)F)nc3c2)O[C@H]1n1ccc2c(N)ncnc21.Cl. The molecule has 2 aliphatic heterocycles. The van der Waals surface area contributed by atoms with Crippen LogP contribution >= 0.6 is 12.4 Å². The molecule has 2 aliphatic rings. The van der Waals surface area contributed by atoms with E-state index >= 15 is 0 Å². The minimum Gasteiger partial charge on any atom is -0.491 e. The number of esters is 4. The highest BCUT2D eigenvalue weighted by Crippen LogP contribution is 2.41. The first kappa shape index (κ1) is 68.9. The van der Waals surface area contributed by atoms with Crippen molar-refractivity contribution in [2.45, 2.75) is 131 Å². The lowest BCUT2D eigenvalue weighted by Crippen LogP contribution is -2.42. The zero-order chi connectivity index (χ0) is 66.0. The molecule has 8 aromatic rings. The minimum absolute atomic E-state index is 0. The number of alkyl halides is 6. The molecule has 6 aromatic heterocycles. The molecule has 2 saturated heterocycles. The minimum atomic E-state index is -4.62.